The van der Waals surface area contributed by atoms with Crippen molar-refractivity contribution in [3.63, 3.8) is 0 Å². The van der Waals surface area contributed by atoms with Gasteiger partial charge in [-0.3, -0.25) is 25.8 Å². The van der Waals surface area contributed by atoms with Crippen molar-refractivity contribution >= 4 is 23.2 Å². The van der Waals surface area contributed by atoms with Crippen LogP contribution in [0.15, 0.2) is 64.6 Å². The zero-order chi connectivity index (χ0) is 19.9. The molecule has 1 atom stereocenters. The van der Waals surface area contributed by atoms with E-state index in [1.807, 2.05) is 17.5 Å². The Kier molecular flexibility index (Phi) is 6.62. The Balaban J connectivity index is 1.60. The van der Waals surface area contributed by atoms with Crippen LogP contribution in [0.2, 0.25) is 0 Å². The molecule has 0 radical (unpaired) electrons. The highest BCUT2D eigenvalue weighted by atomic mass is 32.1. The standard InChI is InChI=1S/C21H23N3O3S/c1-14(2)15-7-9-16(10-8-15)20(18-6-4-12-28-18)22-13-19(25)23-24-21(26)17-5-3-11-27-17/h3-12,14,20,22H,13H2,1-2H3,(H,23,25)(H,24,26)/t20-/m0/s1. The zero-order valence-corrected chi connectivity index (χ0v) is 16.6. The summed E-state index contributed by atoms with van der Waals surface area (Å²) >= 11 is 1.63. The molecule has 2 aromatic heterocycles. The summed E-state index contributed by atoms with van der Waals surface area (Å²) in [6.07, 6.45) is 1.40. The van der Waals surface area contributed by atoms with Crippen LogP contribution in [0.25, 0.3) is 0 Å². The minimum Gasteiger partial charge on any atom is -0.459 e. The van der Waals surface area contributed by atoms with E-state index >= 15 is 0 Å². The van der Waals surface area contributed by atoms with Gasteiger partial charge in [0.15, 0.2) is 5.76 Å². The van der Waals surface area contributed by atoms with Gasteiger partial charge in [0.1, 0.15) is 0 Å². The van der Waals surface area contributed by atoms with Gasteiger partial charge >= 0.3 is 5.91 Å². The van der Waals surface area contributed by atoms with Gasteiger partial charge in [0.25, 0.3) is 5.91 Å². The molecule has 0 aliphatic heterocycles. The molecule has 2 heterocycles. The lowest BCUT2D eigenvalue weighted by atomic mass is 9.98. The summed E-state index contributed by atoms with van der Waals surface area (Å²) in [5, 5.41) is 5.28. The molecule has 3 rings (SSSR count). The van der Waals surface area contributed by atoms with Crippen molar-refractivity contribution in [2.45, 2.75) is 25.8 Å². The van der Waals surface area contributed by atoms with Gasteiger partial charge in [-0.05, 0) is 40.6 Å². The van der Waals surface area contributed by atoms with E-state index in [9.17, 15) is 9.59 Å². The van der Waals surface area contributed by atoms with Crippen LogP contribution in [0.5, 0.6) is 0 Å². The van der Waals surface area contributed by atoms with Gasteiger partial charge < -0.3 is 4.42 Å². The molecule has 0 aliphatic carbocycles. The Labute approximate surface area is 167 Å². The number of carbonyl (C=O) groups is 2. The molecule has 1 aromatic carbocycles. The Bertz CT molecular complexity index is 888. The summed E-state index contributed by atoms with van der Waals surface area (Å²) in [5.41, 5.74) is 7.08. The average Bonchev–Trinajstić information content (AvgIpc) is 3.41. The summed E-state index contributed by atoms with van der Waals surface area (Å²) in [4.78, 5) is 25.1. The van der Waals surface area contributed by atoms with E-state index in [-0.39, 0.29) is 24.3 Å². The Morgan fingerprint density at radius 3 is 2.36 bits per heavy atom. The molecule has 146 valence electrons. The maximum absolute atomic E-state index is 12.2. The van der Waals surface area contributed by atoms with E-state index in [2.05, 4.69) is 54.3 Å². The van der Waals surface area contributed by atoms with E-state index in [1.54, 1.807) is 17.4 Å². The Morgan fingerprint density at radius 2 is 1.75 bits per heavy atom. The molecular formula is C21H23N3O3S. The summed E-state index contributed by atoms with van der Waals surface area (Å²) in [6, 6.07) is 15.5. The molecule has 0 fully saturated rings. The van der Waals surface area contributed by atoms with Gasteiger partial charge in [0.05, 0.1) is 18.8 Å². The predicted molar refractivity (Wildman–Crippen MR) is 109 cm³/mol. The fourth-order valence-corrected chi connectivity index (χ4v) is 3.57. The van der Waals surface area contributed by atoms with Crippen molar-refractivity contribution < 1.29 is 14.0 Å². The third-order valence-electron chi connectivity index (χ3n) is 4.29. The maximum atomic E-state index is 12.2. The number of hydrogen-bond acceptors (Lipinski definition) is 5. The zero-order valence-electron chi connectivity index (χ0n) is 15.8. The van der Waals surface area contributed by atoms with Crippen LogP contribution in [0.3, 0.4) is 0 Å². The molecule has 3 N–H and O–H groups in total. The third-order valence-corrected chi connectivity index (χ3v) is 5.23. The Hall–Kier alpha value is -2.90. The summed E-state index contributed by atoms with van der Waals surface area (Å²) in [7, 11) is 0. The first kappa shape index (κ1) is 19.9. The van der Waals surface area contributed by atoms with Gasteiger partial charge in [-0.2, -0.15) is 0 Å². The molecule has 7 heteroatoms. The second-order valence-corrected chi connectivity index (χ2v) is 7.61. The lowest BCUT2D eigenvalue weighted by molar-refractivity contribution is -0.121. The van der Waals surface area contributed by atoms with Gasteiger partial charge in [0, 0.05) is 4.88 Å². The first-order valence-electron chi connectivity index (χ1n) is 9.04. The SMILES string of the molecule is CC(C)c1ccc([C@H](NCC(=O)NNC(=O)c2ccco2)c2cccs2)cc1. The number of hydrogen-bond donors (Lipinski definition) is 3. The fraction of sp³-hybridized carbons (Fsp3) is 0.238. The predicted octanol–water partition coefficient (Wildman–Crippen LogP) is 3.60. The largest absolute Gasteiger partial charge is 0.459 e. The number of rotatable bonds is 7. The normalized spacial score (nSPS) is 12.0. The van der Waals surface area contributed by atoms with E-state index in [1.165, 1.54) is 17.9 Å². The minimum absolute atomic E-state index is 0.0485. The van der Waals surface area contributed by atoms with E-state index in [0.29, 0.717) is 5.92 Å². The minimum atomic E-state index is -0.502. The smallest absolute Gasteiger partial charge is 0.305 e. The molecule has 0 spiro atoms. The molecule has 3 aromatic rings. The van der Waals surface area contributed by atoms with E-state index in [4.69, 9.17) is 4.42 Å². The topological polar surface area (TPSA) is 83.4 Å². The van der Waals surface area contributed by atoms with Gasteiger partial charge in [0.2, 0.25) is 0 Å². The first-order valence-corrected chi connectivity index (χ1v) is 9.92. The van der Waals surface area contributed by atoms with Crippen LogP contribution in [0.1, 0.15) is 52.4 Å². The van der Waals surface area contributed by atoms with Crippen LogP contribution in [-0.2, 0) is 4.79 Å². The fourth-order valence-electron chi connectivity index (χ4n) is 2.75. The second-order valence-electron chi connectivity index (χ2n) is 6.63. The molecule has 0 aliphatic rings. The molecule has 2 amide bonds. The van der Waals surface area contributed by atoms with E-state index in [0.717, 1.165) is 10.4 Å². The van der Waals surface area contributed by atoms with Crippen molar-refractivity contribution in [3.8, 4) is 0 Å². The molecule has 28 heavy (non-hydrogen) atoms. The highest BCUT2D eigenvalue weighted by Crippen LogP contribution is 2.27. The van der Waals surface area contributed by atoms with Crippen molar-refractivity contribution in [3.05, 3.63) is 81.9 Å². The first-order chi connectivity index (χ1) is 13.5. The number of furan rings is 1. The van der Waals surface area contributed by atoms with Crippen LogP contribution in [-0.4, -0.2) is 18.4 Å². The summed E-state index contributed by atoms with van der Waals surface area (Å²) in [6.45, 7) is 4.36. The molecule has 0 saturated carbocycles. The average molecular weight is 398 g/mol. The van der Waals surface area contributed by atoms with Crippen molar-refractivity contribution in [2.75, 3.05) is 6.54 Å². The highest BCUT2D eigenvalue weighted by Gasteiger charge is 2.17. The number of amides is 2. The third kappa shape index (κ3) is 5.09. The molecule has 6 nitrogen and oxygen atoms in total. The molecule has 0 unspecified atom stereocenters. The molecular weight excluding hydrogens is 374 g/mol. The number of hydrazine groups is 1. The molecule has 0 bridgehead atoms. The van der Waals surface area contributed by atoms with Crippen molar-refractivity contribution in [1.29, 1.82) is 0 Å². The van der Waals surface area contributed by atoms with E-state index < -0.39 is 5.91 Å². The van der Waals surface area contributed by atoms with Gasteiger partial charge in [-0.15, -0.1) is 11.3 Å². The van der Waals surface area contributed by atoms with Crippen LogP contribution < -0.4 is 16.2 Å². The van der Waals surface area contributed by atoms with Crippen LogP contribution >= 0.6 is 11.3 Å². The van der Waals surface area contributed by atoms with Crippen molar-refractivity contribution in [2.24, 2.45) is 0 Å². The molecule has 0 saturated heterocycles. The number of thiophene rings is 1. The van der Waals surface area contributed by atoms with Crippen LogP contribution in [0.4, 0.5) is 0 Å². The Morgan fingerprint density at radius 1 is 1.00 bits per heavy atom. The maximum Gasteiger partial charge on any atom is 0.305 e. The van der Waals surface area contributed by atoms with Crippen molar-refractivity contribution in [1.82, 2.24) is 16.2 Å². The van der Waals surface area contributed by atoms with Gasteiger partial charge in [-0.25, -0.2) is 0 Å². The monoisotopic (exact) mass is 397 g/mol. The lowest BCUT2D eigenvalue weighted by Crippen LogP contribution is -2.45. The number of benzene rings is 1. The van der Waals surface area contributed by atoms with Gasteiger partial charge in [-0.1, -0.05) is 44.2 Å². The second kappa shape index (κ2) is 9.34. The summed E-state index contributed by atoms with van der Waals surface area (Å²) in [5.74, 6) is -0.251. The summed E-state index contributed by atoms with van der Waals surface area (Å²) < 4.78 is 4.98. The lowest BCUT2D eigenvalue weighted by Gasteiger charge is -2.19. The highest BCUT2D eigenvalue weighted by molar-refractivity contribution is 7.10. The number of nitrogens with one attached hydrogen (secondary N) is 3. The quantitative estimate of drug-likeness (QED) is 0.532. The number of carbonyl (C=O) groups excluding carboxylic acids is 2. The van der Waals surface area contributed by atoms with Crippen LogP contribution in [0, 0.1) is 0 Å².